The van der Waals surface area contributed by atoms with Gasteiger partial charge in [0.25, 0.3) is 0 Å². The summed E-state index contributed by atoms with van der Waals surface area (Å²) in [5.41, 5.74) is 4.11. The molecule has 3 aromatic rings. The van der Waals surface area contributed by atoms with Crippen molar-refractivity contribution in [3.8, 4) is 0 Å². The molecule has 0 fully saturated rings. The highest BCUT2D eigenvalue weighted by atomic mass is 32.1. The molecule has 1 heterocycles. The lowest BCUT2D eigenvalue weighted by Crippen LogP contribution is -2.24. The Kier molecular flexibility index (Phi) is 4.53. The lowest BCUT2D eigenvalue weighted by molar-refractivity contribution is 0.0509. The Bertz CT molecular complexity index is 919. The van der Waals surface area contributed by atoms with Crippen LogP contribution in [0, 0.1) is 0 Å². The molecule has 0 aliphatic heterocycles. The van der Waals surface area contributed by atoms with Gasteiger partial charge in [0.1, 0.15) is 4.88 Å². The van der Waals surface area contributed by atoms with Crippen molar-refractivity contribution in [3.63, 3.8) is 0 Å². The first-order valence-electron chi connectivity index (χ1n) is 8.49. The smallest absolute Gasteiger partial charge is 0.366 e. The summed E-state index contributed by atoms with van der Waals surface area (Å²) >= 11 is 1.41. The van der Waals surface area contributed by atoms with Crippen molar-refractivity contribution < 1.29 is 9.63 Å². The van der Waals surface area contributed by atoms with Crippen LogP contribution < -0.4 is 11.2 Å². The van der Waals surface area contributed by atoms with E-state index in [-0.39, 0.29) is 0 Å². The number of carbonyl (C=O) groups is 1. The Balaban J connectivity index is 1.51. The van der Waals surface area contributed by atoms with Gasteiger partial charge in [-0.05, 0) is 53.5 Å². The van der Waals surface area contributed by atoms with E-state index < -0.39 is 5.97 Å². The second-order valence-electron chi connectivity index (χ2n) is 6.41. The number of benzene rings is 2. The minimum Gasteiger partial charge on any atom is -0.369 e. The number of nitrogens with two attached hydrogens (primary N) is 1. The van der Waals surface area contributed by atoms with E-state index in [4.69, 9.17) is 5.90 Å². The molecule has 1 aromatic heterocycles. The van der Waals surface area contributed by atoms with Crippen LogP contribution >= 0.6 is 11.3 Å². The standard InChI is InChI=1S/C20H20N2O2S/c21-24-20(23)19-11-15-9-8-13(10-18(15)25-19)12-22-17-7-3-5-14-4-1-2-6-16(14)17/h1-2,4,6,8-11,17,22H,3,5,7,12,21H2. The highest BCUT2D eigenvalue weighted by Gasteiger charge is 2.19. The molecule has 0 bridgehead atoms. The highest BCUT2D eigenvalue weighted by Crippen LogP contribution is 2.30. The van der Waals surface area contributed by atoms with Crippen molar-refractivity contribution in [2.24, 2.45) is 5.90 Å². The Morgan fingerprint density at radius 1 is 1.24 bits per heavy atom. The van der Waals surface area contributed by atoms with Crippen molar-refractivity contribution in [2.45, 2.75) is 31.8 Å². The summed E-state index contributed by atoms with van der Waals surface area (Å²) in [6.45, 7) is 0.809. The molecule has 25 heavy (non-hydrogen) atoms. The van der Waals surface area contributed by atoms with Gasteiger partial charge in [0.15, 0.2) is 0 Å². The first-order chi connectivity index (χ1) is 12.2. The summed E-state index contributed by atoms with van der Waals surface area (Å²) in [5, 5.41) is 4.73. The Morgan fingerprint density at radius 2 is 2.12 bits per heavy atom. The molecule has 4 rings (SSSR count). The van der Waals surface area contributed by atoms with Gasteiger partial charge in [0.2, 0.25) is 0 Å². The summed E-state index contributed by atoms with van der Waals surface area (Å²) in [6.07, 6.45) is 3.57. The summed E-state index contributed by atoms with van der Waals surface area (Å²) < 4.78 is 1.07. The predicted molar refractivity (Wildman–Crippen MR) is 100 cm³/mol. The molecule has 5 heteroatoms. The maximum atomic E-state index is 11.6. The topological polar surface area (TPSA) is 64.3 Å². The Hall–Kier alpha value is -2.21. The molecule has 0 amide bonds. The minimum absolute atomic E-state index is 0.409. The number of fused-ring (bicyclic) bond motifs is 2. The zero-order valence-electron chi connectivity index (χ0n) is 13.8. The molecule has 1 atom stereocenters. The van der Waals surface area contributed by atoms with Crippen LogP contribution in [-0.2, 0) is 17.8 Å². The van der Waals surface area contributed by atoms with Gasteiger partial charge in [-0.15, -0.1) is 11.3 Å². The third-order valence-electron chi connectivity index (χ3n) is 4.81. The molecule has 3 N–H and O–H groups in total. The van der Waals surface area contributed by atoms with Crippen LogP contribution in [0.2, 0.25) is 0 Å². The van der Waals surface area contributed by atoms with Crippen LogP contribution in [0.5, 0.6) is 0 Å². The first kappa shape index (κ1) is 16.3. The van der Waals surface area contributed by atoms with E-state index in [2.05, 4.69) is 46.6 Å². The van der Waals surface area contributed by atoms with E-state index in [0.717, 1.165) is 16.6 Å². The SMILES string of the molecule is NOC(=O)c1cc2ccc(CNC3CCCc4ccccc43)cc2s1. The van der Waals surface area contributed by atoms with Crippen LogP contribution in [0.15, 0.2) is 48.5 Å². The lowest BCUT2D eigenvalue weighted by atomic mass is 9.87. The van der Waals surface area contributed by atoms with Gasteiger partial charge in [0.05, 0.1) is 0 Å². The minimum atomic E-state index is -0.486. The van der Waals surface area contributed by atoms with Gasteiger partial charge in [-0.1, -0.05) is 36.4 Å². The second kappa shape index (κ2) is 6.96. The summed E-state index contributed by atoms with van der Waals surface area (Å²) in [7, 11) is 0. The summed E-state index contributed by atoms with van der Waals surface area (Å²) in [6, 6.07) is 17.2. The van der Waals surface area contributed by atoms with Gasteiger partial charge in [-0.25, -0.2) is 4.79 Å². The quantitative estimate of drug-likeness (QED) is 0.694. The number of nitrogens with one attached hydrogen (secondary N) is 1. The van der Waals surface area contributed by atoms with Crippen molar-refractivity contribution in [1.29, 1.82) is 0 Å². The molecule has 2 aromatic carbocycles. The fourth-order valence-corrected chi connectivity index (χ4v) is 4.56. The molecule has 4 nitrogen and oxygen atoms in total. The van der Waals surface area contributed by atoms with Crippen molar-refractivity contribution in [1.82, 2.24) is 5.32 Å². The van der Waals surface area contributed by atoms with E-state index in [0.29, 0.717) is 10.9 Å². The van der Waals surface area contributed by atoms with Gasteiger partial charge in [-0.2, -0.15) is 5.90 Å². The van der Waals surface area contributed by atoms with E-state index in [9.17, 15) is 4.79 Å². The zero-order chi connectivity index (χ0) is 17.2. The normalized spacial score (nSPS) is 16.6. The number of rotatable bonds is 4. The van der Waals surface area contributed by atoms with Crippen LogP contribution in [-0.4, -0.2) is 5.97 Å². The van der Waals surface area contributed by atoms with E-state index in [1.54, 1.807) is 0 Å². The second-order valence-corrected chi connectivity index (χ2v) is 7.50. The molecular formula is C20H20N2O2S. The van der Waals surface area contributed by atoms with Gasteiger partial charge in [0, 0.05) is 17.3 Å². The predicted octanol–water partition coefficient (Wildman–Crippen LogP) is 4.10. The Labute approximate surface area is 150 Å². The summed E-state index contributed by atoms with van der Waals surface area (Å²) in [4.78, 5) is 16.4. The number of hydrogen-bond acceptors (Lipinski definition) is 5. The number of hydrogen-bond donors (Lipinski definition) is 2. The molecule has 1 aliphatic rings. The average Bonchev–Trinajstić information content (AvgIpc) is 3.09. The monoisotopic (exact) mass is 352 g/mol. The van der Waals surface area contributed by atoms with Crippen LogP contribution in [0.3, 0.4) is 0 Å². The summed E-state index contributed by atoms with van der Waals surface area (Å²) in [5.74, 6) is 4.49. The van der Waals surface area contributed by atoms with Crippen LogP contribution in [0.4, 0.5) is 0 Å². The maximum absolute atomic E-state index is 11.6. The van der Waals surface area contributed by atoms with Gasteiger partial charge in [-0.3, -0.25) is 0 Å². The van der Waals surface area contributed by atoms with Crippen molar-refractivity contribution >= 4 is 27.4 Å². The van der Waals surface area contributed by atoms with Crippen LogP contribution in [0.25, 0.3) is 10.1 Å². The third kappa shape index (κ3) is 3.31. The number of thiophene rings is 1. The molecule has 128 valence electrons. The third-order valence-corrected chi connectivity index (χ3v) is 5.89. The molecule has 0 spiro atoms. The maximum Gasteiger partial charge on any atom is 0.366 e. The molecular weight excluding hydrogens is 332 g/mol. The van der Waals surface area contributed by atoms with E-state index in [1.807, 2.05) is 12.1 Å². The molecule has 0 saturated heterocycles. The molecule has 1 unspecified atom stereocenters. The molecule has 0 radical (unpaired) electrons. The molecule has 0 saturated carbocycles. The van der Waals surface area contributed by atoms with Gasteiger partial charge < -0.3 is 10.2 Å². The van der Waals surface area contributed by atoms with Crippen molar-refractivity contribution in [3.05, 3.63) is 70.1 Å². The highest BCUT2D eigenvalue weighted by molar-refractivity contribution is 7.20. The zero-order valence-corrected chi connectivity index (χ0v) is 14.6. The number of carbonyl (C=O) groups excluding carboxylic acids is 1. The number of aryl methyl sites for hydroxylation is 1. The lowest BCUT2D eigenvalue weighted by Gasteiger charge is -2.26. The van der Waals surface area contributed by atoms with Crippen LogP contribution in [0.1, 0.15) is 45.2 Å². The Morgan fingerprint density at radius 3 is 3.00 bits per heavy atom. The van der Waals surface area contributed by atoms with Gasteiger partial charge >= 0.3 is 5.97 Å². The van der Waals surface area contributed by atoms with E-state index in [1.165, 1.54) is 47.3 Å². The fraction of sp³-hybridized carbons (Fsp3) is 0.250. The van der Waals surface area contributed by atoms with Crippen molar-refractivity contribution in [2.75, 3.05) is 0 Å². The largest absolute Gasteiger partial charge is 0.369 e. The first-order valence-corrected chi connectivity index (χ1v) is 9.31. The molecule has 1 aliphatic carbocycles. The fourth-order valence-electron chi connectivity index (χ4n) is 3.55. The average molecular weight is 352 g/mol. The van der Waals surface area contributed by atoms with E-state index >= 15 is 0 Å².